The maximum Gasteiger partial charge on any atom is 0.264 e. The molecule has 0 aromatic carbocycles. The molecule has 23 heavy (non-hydrogen) atoms. The molecule has 3 aromatic rings. The molecule has 0 atom stereocenters. The zero-order chi connectivity index (χ0) is 16.2. The average Bonchev–Trinajstić information content (AvgIpc) is 3.27. The van der Waals surface area contributed by atoms with Crippen LogP contribution in [0.4, 0.5) is 0 Å². The van der Waals surface area contributed by atoms with Gasteiger partial charge in [0.1, 0.15) is 5.01 Å². The van der Waals surface area contributed by atoms with Gasteiger partial charge in [-0.05, 0) is 23.6 Å². The molecule has 0 aliphatic rings. The van der Waals surface area contributed by atoms with E-state index in [1.165, 1.54) is 11.3 Å². The van der Waals surface area contributed by atoms with Gasteiger partial charge in [-0.3, -0.25) is 4.79 Å². The predicted octanol–water partition coefficient (Wildman–Crippen LogP) is 4.35. The topological polar surface area (TPSA) is 42.4 Å². The normalized spacial score (nSPS) is 10.9. The molecular formula is C16H16N2O2S3. The lowest BCUT2D eigenvalue weighted by Gasteiger charge is -2.14. The third-order valence-electron chi connectivity index (χ3n) is 3.19. The number of carbonyl (C=O) groups is 1. The van der Waals surface area contributed by atoms with Gasteiger partial charge < -0.3 is 9.64 Å². The Kier molecular flexibility index (Phi) is 5.22. The lowest BCUT2D eigenvalue weighted by atomic mass is 10.3. The molecule has 0 spiro atoms. The number of nitrogens with zero attached hydrogens (tertiary/aromatic N) is 2. The number of hydrogen-bond acceptors (Lipinski definition) is 6. The summed E-state index contributed by atoms with van der Waals surface area (Å²) in [7, 11) is 3.46. The van der Waals surface area contributed by atoms with Crippen LogP contribution in [0, 0.1) is 0 Å². The second kappa shape index (κ2) is 7.35. The summed E-state index contributed by atoms with van der Waals surface area (Å²) in [4.78, 5) is 21.7. The van der Waals surface area contributed by atoms with E-state index in [2.05, 4.69) is 11.1 Å². The van der Waals surface area contributed by atoms with Crippen LogP contribution in [0.5, 0.6) is 0 Å². The number of carbonyl (C=O) groups excluding carboxylic acids is 1. The predicted molar refractivity (Wildman–Crippen MR) is 96.3 cm³/mol. The molecule has 1 amide bonds. The molecule has 0 N–H and O–H groups in total. The molecule has 3 rings (SSSR count). The number of amides is 1. The fourth-order valence-electron chi connectivity index (χ4n) is 2.11. The van der Waals surface area contributed by atoms with Gasteiger partial charge in [-0.15, -0.1) is 34.0 Å². The minimum atomic E-state index is 0.0167. The molecule has 0 saturated carbocycles. The van der Waals surface area contributed by atoms with Crippen molar-refractivity contribution in [2.75, 3.05) is 14.2 Å². The van der Waals surface area contributed by atoms with Crippen molar-refractivity contribution in [1.82, 2.24) is 9.88 Å². The molecule has 0 fully saturated rings. The summed E-state index contributed by atoms with van der Waals surface area (Å²) >= 11 is 4.77. The Hall–Kier alpha value is -1.54. The number of ether oxygens (including phenoxy) is 1. The van der Waals surface area contributed by atoms with E-state index in [-0.39, 0.29) is 5.91 Å². The number of rotatable bonds is 6. The first-order valence-corrected chi connectivity index (χ1v) is 9.56. The average molecular weight is 365 g/mol. The van der Waals surface area contributed by atoms with Crippen LogP contribution in [0.3, 0.4) is 0 Å². The monoisotopic (exact) mass is 364 g/mol. The highest BCUT2D eigenvalue weighted by Crippen LogP contribution is 2.28. The number of methoxy groups -OCH3 is 1. The standard InChI is InChI=1S/C16H16N2O2S3/c1-18(16(19)14-6-5-12(23-14)9-20-2)8-11-10-22-15(17-11)13-4-3-7-21-13/h3-7,10H,8-9H2,1-2H3. The molecule has 0 aliphatic heterocycles. The molecule has 4 nitrogen and oxygen atoms in total. The highest BCUT2D eigenvalue weighted by molar-refractivity contribution is 7.20. The van der Waals surface area contributed by atoms with E-state index in [1.54, 1.807) is 34.7 Å². The SMILES string of the molecule is COCc1ccc(C(=O)N(C)Cc2csc(-c3cccs3)n2)s1. The van der Waals surface area contributed by atoms with Gasteiger partial charge in [-0.1, -0.05) is 6.07 Å². The highest BCUT2D eigenvalue weighted by Gasteiger charge is 2.16. The van der Waals surface area contributed by atoms with Crippen molar-refractivity contribution < 1.29 is 9.53 Å². The fraction of sp³-hybridized carbons (Fsp3) is 0.250. The van der Waals surface area contributed by atoms with Gasteiger partial charge in [-0.25, -0.2) is 4.98 Å². The Balaban J connectivity index is 1.66. The number of aromatic nitrogens is 1. The van der Waals surface area contributed by atoms with E-state index in [0.717, 1.165) is 25.3 Å². The van der Waals surface area contributed by atoms with E-state index in [1.807, 2.05) is 36.0 Å². The number of thiazole rings is 1. The summed E-state index contributed by atoms with van der Waals surface area (Å²) in [5.41, 5.74) is 0.919. The van der Waals surface area contributed by atoms with Crippen molar-refractivity contribution in [3.8, 4) is 9.88 Å². The smallest absolute Gasteiger partial charge is 0.264 e. The molecule has 0 aliphatic carbocycles. The van der Waals surface area contributed by atoms with Crippen LogP contribution in [0.2, 0.25) is 0 Å². The molecule has 0 saturated heterocycles. The van der Waals surface area contributed by atoms with Gasteiger partial charge in [0.05, 0.1) is 28.6 Å². The van der Waals surface area contributed by atoms with E-state index in [4.69, 9.17) is 4.74 Å². The highest BCUT2D eigenvalue weighted by atomic mass is 32.1. The molecule has 0 radical (unpaired) electrons. The van der Waals surface area contributed by atoms with Crippen molar-refractivity contribution >= 4 is 39.9 Å². The maximum absolute atomic E-state index is 12.5. The Morgan fingerprint density at radius 3 is 2.91 bits per heavy atom. The minimum Gasteiger partial charge on any atom is -0.379 e. The van der Waals surface area contributed by atoms with E-state index in [0.29, 0.717) is 13.2 Å². The first kappa shape index (κ1) is 16.3. The third-order valence-corrected chi connectivity index (χ3v) is 6.17. The van der Waals surface area contributed by atoms with Crippen molar-refractivity contribution in [2.24, 2.45) is 0 Å². The fourth-order valence-corrected chi connectivity index (χ4v) is 4.71. The summed E-state index contributed by atoms with van der Waals surface area (Å²) in [6.45, 7) is 1.05. The summed E-state index contributed by atoms with van der Waals surface area (Å²) < 4.78 is 5.09. The van der Waals surface area contributed by atoms with Gasteiger partial charge in [0.25, 0.3) is 5.91 Å². The lowest BCUT2D eigenvalue weighted by Crippen LogP contribution is -2.25. The van der Waals surface area contributed by atoms with E-state index >= 15 is 0 Å². The molecule has 7 heteroatoms. The van der Waals surface area contributed by atoms with Crippen LogP contribution in [-0.2, 0) is 17.9 Å². The summed E-state index contributed by atoms with van der Waals surface area (Å²) in [5, 5.41) is 5.07. The minimum absolute atomic E-state index is 0.0167. The van der Waals surface area contributed by atoms with Crippen molar-refractivity contribution in [2.45, 2.75) is 13.2 Å². The lowest BCUT2D eigenvalue weighted by molar-refractivity contribution is 0.0788. The molecule has 3 heterocycles. The van der Waals surface area contributed by atoms with Gasteiger partial charge in [-0.2, -0.15) is 0 Å². The first-order chi connectivity index (χ1) is 11.2. The van der Waals surface area contributed by atoms with E-state index < -0.39 is 0 Å². The van der Waals surface area contributed by atoms with Crippen LogP contribution < -0.4 is 0 Å². The third kappa shape index (κ3) is 3.87. The van der Waals surface area contributed by atoms with Crippen molar-refractivity contribution in [3.05, 3.63) is 50.5 Å². The van der Waals surface area contributed by atoms with Crippen LogP contribution in [0.1, 0.15) is 20.2 Å². The summed E-state index contributed by atoms with van der Waals surface area (Å²) in [5.74, 6) is 0.0167. The summed E-state index contributed by atoms with van der Waals surface area (Å²) in [6.07, 6.45) is 0. The Morgan fingerprint density at radius 1 is 1.30 bits per heavy atom. The van der Waals surface area contributed by atoms with Gasteiger partial charge in [0.15, 0.2) is 0 Å². The Morgan fingerprint density at radius 2 is 2.17 bits per heavy atom. The zero-order valence-corrected chi connectivity index (χ0v) is 15.3. The number of hydrogen-bond donors (Lipinski definition) is 0. The molecule has 0 unspecified atom stereocenters. The number of thiophene rings is 2. The second-order valence-electron chi connectivity index (χ2n) is 4.98. The largest absolute Gasteiger partial charge is 0.379 e. The van der Waals surface area contributed by atoms with Crippen LogP contribution in [0.15, 0.2) is 35.0 Å². The van der Waals surface area contributed by atoms with Crippen molar-refractivity contribution in [3.63, 3.8) is 0 Å². The Labute approximate surface area is 147 Å². The Bertz CT molecular complexity index is 777. The zero-order valence-electron chi connectivity index (χ0n) is 12.8. The van der Waals surface area contributed by atoms with Gasteiger partial charge in [0.2, 0.25) is 0 Å². The quantitative estimate of drug-likeness (QED) is 0.653. The first-order valence-electron chi connectivity index (χ1n) is 6.99. The maximum atomic E-state index is 12.5. The molecule has 120 valence electrons. The summed E-state index contributed by atoms with van der Waals surface area (Å²) in [6, 6.07) is 7.87. The van der Waals surface area contributed by atoms with Crippen LogP contribution in [-0.4, -0.2) is 29.9 Å². The second-order valence-corrected chi connectivity index (χ2v) is 7.96. The van der Waals surface area contributed by atoms with Gasteiger partial charge in [0, 0.05) is 24.4 Å². The van der Waals surface area contributed by atoms with Crippen molar-refractivity contribution in [1.29, 1.82) is 0 Å². The molecule has 3 aromatic heterocycles. The molecule has 0 bridgehead atoms. The van der Waals surface area contributed by atoms with E-state index in [9.17, 15) is 4.79 Å². The molecular weight excluding hydrogens is 348 g/mol. The van der Waals surface area contributed by atoms with Crippen LogP contribution >= 0.6 is 34.0 Å². The van der Waals surface area contributed by atoms with Gasteiger partial charge >= 0.3 is 0 Å². The van der Waals surface area contributed by atoms with Crippen LogP contribution in [0.25, 0.3) is 9.88 Å².